The number of anilines is 2. The predicted molar refractivity (Wildman–Crippen MR) is 144 cm³/mol. The molecule has 2 N–H and O–H groups in total. The molecule has 1 aromatic carbocycles. The molecule has 2 aliphatic rings. The van der Waals surface area contributed by atoms with Gasteiger partial charge in [0.25, 0.3) is 5.91 Å². The van der Waals surface area contributed by atoms with Crippen LogP contribution < -0.4 is 15.5 Å². The number of benzene rings is 1. The van der Waals surface area contributed by atoms with Crippen molar-refractivity contribution in [3.8, 4) is 11.4 Å². The number of aromatic nitrogens is 2. The molecule has 1 fully saturated rings. The zero-order chi connectivity index (χ0) is 26.6. The maximum Gasteiger partial charge on any atom is 0.257 e. The number of hydrogen-bond acceptors (Lipinski definition) is 8. The quantitative estimate of drug-likeness (QED) is 0.441. The molecule has 5 rings (SSSR count). The molecule has 0 saturated carbocycles. The Morgan fingerprint density at radius 1 is 1.05 bits per heavy atom. The van der Waals surface area contributed by atoms with Crippen LogP contribution in [0.25, 0.3) is 11.4 Å². The van der Waals surface area contributed by atoms with Crippen LogP contribution in [-0.2, 0) is 11.2 Å². The number of nitrogens with one attached hydrogen (secondary N) is 2. The maximum absolute atomic E-state index is 13.3. The first kappa shape index (κ1) is 25.7. The van der Waals surface area contributed by atoms with E-state index in [2.05, 4.69) is 20.5 Å². The molecule has 11 heteroatoms. The molecular weight excluding hydrogens is 508 g/mol. The Kier molecular flexibility index (Phi) is 7.59. The maximum atomic E-state index is 13.3. The number of halogens is 1. The number of piperazine rings is 1. The van der Waals surface area contributed by atoms with Crippen molar-refractivity contribution in [3.05, 3.63) is 58.5 Å². The number of amides is 2. The first-order chi connectivity index (χ1) is 18.4. The van der Waals surface area contributed by atoms with Gasteiger partial charge in [0.2, 0.25) is 5.91 Å². The van der Waals surface area contributed by atoms with Crippen LogP contribution in [0.5, 0.6) is 0 Å². The fraction of sp³-hybridized carbons (Fsp3) is 0.370. The fourth-order valence-electron chi connectivity index (χ4n) is 4.73. The third kappa shape index (κ3) is 5.65. The molecular formula is C27H29ClN6O4. The van der Waals surface area contributed by atoms with E-state index in [4.69, 9.17) is 21.0 Å². The summed E-state index contributed by atoms with van der Waals surface area (Å²) in [4.78, 5) is 50.2. The SMILES string of the molecule is CC(=O)NCCNc1cc(N2CCN(C(=O)c3coc4c3C(=O)CCC4)CC2)nc(-c2ccc(Cl)cc2)n1. The van der Waals surface area contributed by atoms with Crippen LogP contribution >= 0.6 is 11.6 Å². The van der Waals surface area contributed by atoms with Crippen molar-refractivity contribution in [2.75, 3.05) is 49.5 Å². The standard InChI is InChI=1S/C27H29ClN6O4/c1-17(35)29-9-10-30-23-15-24(32-26(31-23)18-5-7-19(28)8-6-18)33-11-13-34(14-12-33)27(37)20-16-38-22-4-2-3-21(36)25(20)22/h5-8,15-16H,2-4,9-14H2,1H3,(H,29,35)(H,30,31,32). The van der Waals surface area contributed by atoms with Gasteiger partial charge in [-0.2, -0.15) is 0 Å². The van der Waals surface area contributed by atoms with Gasteiger partial charge in [-0.1, -0.05) is 11.6 Å². The van der Waals surface area contributed by atoms with Crippen molar-refractivity contribution in [1.29, 1.82) is 0 Å². The molecule has 0 radical (unpaired) electrons. The van der Waals surface area contributed by atoms with Gasteiger partial charge in [-0.25, -0.2) is 9.97 Å². The summed E-state index contributed by atoms with van der Waals surface area (Å²) in [6.45, 7) is 4.56. The minimum atomic E-state index is -0.172. The van der Waals surface area contributed by atoms with Crippen molar-refractivity contribution < 1.29 is 18.8 Å². The number of fused-ring (bicyclic) bond motifs is 1. The number of carbonyl (C=O) groups is 3. The van der Waals surface area contributed by atoms with Crippen LogP contribution in [-0.4, -0.2) is 71.7 Å². The molecule has 1 saturated heterocycles. The highest BCUT2D eigenvalue weighted by Gasteiger charge is 2.31. The Bertz CT molecular complexity index is 1350. The lowest BCUT2D eigenvalue weighted by Crippen LogP contribution is -2.49. The smallest absolute Gasteiger partial charge is 0.257 e. The van der Waals surface area contributed by atoms with Gasteiger partial charge >= 0.3 is 0 Å². The van der Waals surface area contributed by atoms with E-state index >= 15 is 0 Å². The number of carbonyl (C=O) groups excluding carboxylic acids is 3. The second-order valence-electron chi connectivity index (χ2n) is 9.36. The molecule has 1 aliphatic heterocycles. The number of aryl methyl sites for hydroxylation is 1. The monoisotopic (exact) mass is 536 g/mol. The normalized spacial score (nSPS) is 15.3. The van der Waals surface area contributed by atoms with Crippen LogP contribution in [0.2, 0.25) is 5.02 Å². The second kappa shape index (κ2) is 11.2. The molecule has 0 spiro atoms. The van der Waals surface area contributed by atoms with Crippen molar-refractivity contribution in [2.45, 2.75) is 26.2 Å². The van der Waals surface area contributed by atoms with Gasteiger partial charge in [-0.15, -0.1) is 0 Å². The molecule has 2 aromatic heterocycles. The molecule has 198 valence electrons. The van der Waals surface area contributed by atoms with E-state index in [1.54, 1.807) is 17.0 Å². The average molecular weight is 537 g/mol. The number of Topliss-reactive ketones (excluding diaryl/α,β-unsaturated/α-hetero) is 1. The largest absolute Gasteiger partial charge is 0.468 e. The highest BCUT2D eigenvalue weighted by atomic mass is 35.5. The van der Waals surface area contributed by atoms with Gasteiger partial charge in [0.05, 0.1) is 11.1 Å². The number of hydrogen-bond donors (Lipinski definition) is 2. The Hall–Kier alpha value is -3.92. The van der Waals surface area contributed by atoms with E-state index in [-0.39, 0.29) is 17.6 Å². The van der Waals surface area contributed by atoms with Crippen molar-refractivity contribution >= 4 is 40.8 Å². The van der Waals surface area contributed by atoms with Crippen LogP contribution in [0.3, 0.4) is 0 Å². The Morgan fingerprint density at radius 3 is 2.55 bits per heavy atom. The number of ketones is 1. The van der Waals surface area contributed by atoms with E-state index in [0.717, 1.165) is 17.8 Å². The zero-order valence-corrected chi connectivity index (χ0v) is 21.9. The molecule has 0 atom stereocenters. The summed E-state index contributed by atoms with van der Waals surface area (Å²) in [5.41, 5.74) is 1.65. The summed E-state index contributed by atoms with van der Waals surface area (Å²) in [6, 6.07) is 9.19. The Morgan fingerprint density at radius 2 is 1.82 bits per heavy atom. The molecule has 3 aromatic rings. The lowest BCUT2D eigenvalue weighted by Gasteiger charge is -2.35. The summed E-state index contributed by atoms with van der Waals surface area (Å²) in [5, 5.41) is 6.64. The first-order valence-corrected chi connectivity index (χ1v) is 13.1. The minimum Gasteiger partial charge on any atom is -0.468 e. The number of rotatable bonds is 7. The van der Waals surface area contributed by atoms with Gasteiger partial charge in [0, 0.05) is 75.7 Å². The highest BCUT2D eigenvalue weighted by molar-refractivity contribution is 6.30. The topological polar surface area (TPSA) is 121 Å². The van der Waals surface area contributed by atoms with Crippen molar-refractivity contribution in [1.82, 2.24) is 20.2 Å². The number of nitrogens with zero attached hydrogens (tertiary/aromatic N) is 4. The van der Waals surface area contributed by atoms with Gasteiger partial charge in [-0.05, 0) is 30.7 Å². The second-order valence-corrected chi connectivity index (χ2v) is 9.79. The molecule has 2 amide bonds. The first-order valence-electron chi connectivity index (χ1n) is 12.7. The van der Waals surface area contributed by atoms with Crippen molar-refractivity contribution in [2.24, 2.45) is 0 Å². The fourth-order valence-corrected chi connectivity index (χ4v) is 4.86. The molecule has 3 heterocycles. The summed E-state index contributed by atoms with van der Waals surface area (Å²) >= 11 is 6.06. The lowest BCUT2D eigenvalue weighted by molar-refractivity contribution is -0.118. The van der Waals surface area contributed by atoms with Crippen molar-refractivity contribution in [3.63, 3.8) is 0 Å². The molecule has 10 nitrogen and oxygen atoms in total. The third-order valence-corrected chi connectivity index (χ3v) is 6.95. The molecule has 0 bridgehead atoms. The van der Waals surface area contributed by atoms with Gasteiger partial charge in [0.1, 0.15) is 23.7 Å². The van der Waals surface area contributed by atoms with E-state index < -0.39 is 0 Å². The Balaban J connectivity index is 1.31. The van der Waals surface area contributed by atoms with Gasteiger partial charge in [-0.3, -0.25) is 14.4 Å². The van der Waals surface area contributed by atoms with Crippen LogP contribution in [0.4, 0.5) is 11.6 Å². The van der Waals surface area contributed by atoms with E-state index in [9.17, 15) is 14.4 Å². The molecule has 0 unspecified atom stereocenters. The van der Waals surface area contributed by atoms with Crippen LogP contribution in [0.15, 0.2) is 41.0 Å². The molecule has 38 heavy (non-hydrogen) atoms. The Labute approximate surface area is 225 Å². The zero-order valence-electron chi connectivity index (χ0n) is 21.1. The van der Waals surface area contributed by atoms with E-state index in [0.29, 0.717) is 85.7 Å². The van der Waals surface area contributed by atoms with E-state index in [1.165, 1.54) is 13.2 Å². The van der Waals surface area contributed by atoms with Gasteiger partial charge in [0.15, 0.2) is 11.6 Å². The summed E-state index contributed by atoms with van der Waals surface area (Å²) in [7, 11) is 0. The highest BCUT2D eigenvalue weighted by Crippen LogP contribution is 2.28. The lowest BCUT2D eigenvalue weighted by atomic mass is 9.93. The average Bonchev–Trinajstić information content (AvgIpc) is 3.36. The summed E-state index contributed by atoms with van der Waals surface area (Å²) in [5.74, 6) is 2.25. The van der Waals surface area contributed by atoms with Gasteiger partial charge < -0.3 is 24.9 Å². The third-order valence-electron chi connectivity index (χ3n) is 6.70. The molecule has 1 aliphatic carbocycles. The summed E-state index contributed by atoms with van der Waals surface area (Å²) < 4.78 is 5.55. The summed E-state index contributed by atoms with van der Waals surface area (Å²) in [6.07, 6.45) is 3.33. The van der Waals surface area contributed by atoms with E-state index in [1.807, 2.05) is 18.2 Å². The predicted octanol–water partition coefficient (Wildman–Crippen LogP) is 3.42. The number of furan rings is 1. The minimum absolute atomic E-state index is 0.0174. The van der Waals surface area contributed by atoms with Crippen LogP contribution in [0, 0.1) is 0 Å². The van der Waals surface area contributed by atoms with Crippen LogP contribution in [0.1, 0.15) is 46.2 Å².